The van der Waals surface area contributed by atoms with Gasteiger partial charge in [-0.2, -0.15) is 0 Å². The summed E-state index contributed by atoms with van der Waals surface area (Å²) in [5.41, 5.74) is 2.76. The van der Waals surface area contributed by atoms with Gasteiger partial charge >= 0.3 is 5.97 Å². The fourth-order valence-electron chi connectivity index (χ4n) is 3.80. The van der Waals surface area contributed by atoms with E-state index >= 15 is 0 Å². The maximum atomic E-state index is 13.0. The minimum Gasteiger partial charge on any atom is -0.493 e. The number of thiophene rings is 1. The van der Waals surface area contributed by atoms with Gasteiger partial charge in [0.1, 0.15) is 16.3 Å². The molecule has 0 spiro atoms. The van der Waals surface area contributed by atoms with Crippen molar-refractivity contribution in [1.82, 2.24) is 14.8 Å². The molecule has 2 aromatic carbocycles. The Kier molecular flexibility index (Phi) is 9.34. The molecule has 0 atom stereocenters. The predicted molar refractivity (Wildman–Crippen MR) is 152 cm³/mol. The number of hydrogen-bond acceptors (Lipinski definition) is 8. The molecule has 2 heterocycles. The van der Waals surface area contributed by atoms with E-state index in [1.807, 2.05) is 71.5 Å². The van der Waals surface area contributed by atoms with Gasteiger partial charge in [0.2, 0.25) is 5.91 Å². The highest BCUT2D eigenvalue weighted by molar-refractivity contribution is 7.99. The minimum atomic E-state index is -0.473. The summed E-state index contributed by atoms with van der Waals surface area (Å²) in [4.78, 5) is 25.8. The number of carbonyl (C=O) groups is 2. The average molecular weight is 549 g/mol. The maximum Gasteiger partial charge on any atom is 0.341 e. The van der Waals surface area contributed by atoms with Crippen LogP contribution in [0.2, 0.25) is 0 Å². The van der Waals surface area contributed by atoms with Gasteiger partial charge in [0.15, 0.2) is 11.0 Å². The van der Waals surface area contributed by atoms with Crippen molar-refractivity contribution in [2.24, 2.45) is 0 Å². The Hall–Kier alpha value is -3.89. The summed E-state index contributed by atoms with van der Waals surface area (Å²) in [5.74, 6) is 0.668. The van der Waals surface area contributed by atoms with Crippen LogP contribution in [0.4, 0.5) is 5.00 Å². The van der Waals surface area contributed by atoms with Crippen molar-refractivity contribution >= 4 is 40.0 Å². The number of esters is 1. The molecule has 0 aliphatic rings. The molecule has 2 aromatic heterocycles. The van der Waals surface area contributed by atoms with E-state index in [4.69, 9.17) is 9.47 Å². The number of amides is 1. The van der Waals surface area contributed by atoms with Crippen LogP contribution in [-0.2, 0) is 16.1 Å². The van der Waals surface area contributed by atoms with E-state index in [-0.39, 0.29) is 18.3 Å². The maximum absolute atomic E-state index is 13.0. The summed E-state index contributed by atoms with van der Waals surface area (Å²) < 4.78 is 12.9. The molecule has 1 N–H and O–H groups in total. The first kappa shape index (κ1) is 27.2. The number of benzene rings is 2. The second-order valence-electron chi connectivity index (χ2n) is 7.91. The SMILES string of the molecule is C=CCn1c(SCC(=O)Nc2scc(-c3ccccc3)c2C(=O)OCC)nnc1-c1ccccc1OCC. The van der Waals surface area contributed by atoms with Crippen LogP contribution < -0.4 is 10.1 Å². The molecule has 10 heteroatoms. The second-order valence-corrected chi connectivity index (χ2v) is 9.73. The molecule has 0 aliphatic heterocycles. The lowest BCUT2D eigenvalue weighted by Crippen LogP contribution is -2.17. The second kappa shape index (κ2) is 13.1. The Morgan fingerprint density at radius 3 is 2.55 bits per heavy atom. The molecule has 4 aromatic rings. The number of rotatable bonds is 12. The van der Waals surface area contributed by atoms with Crippen LogP contribution in [0.5, 0.6) is 5.75 Å². The van der Waals surface area contributed by atoms with Gasteiger partial charge in [-0.05, 0) is 31.5 Å². The van der Waals surface area contributed by atoms with Crippen LogP contribution in [0, 0.1) is 0 Å². The fourth-order valence-corrected chi connectivity index (χ4v) is 5.52. The standard InChI is InChI=1S/C28H28N4O4S2/c1-4-16-32-25(20-14-10-11-15-22(20)35-5-2)30-31-28(32)38-18-23(33)29-26-24(27(34)36-6-3)21(17-37-26)19-12-8-7-9-13-19/h4,7-15,17H,1,5-6,16,18H2,2-3H3,(H,29,33). The molecule has 196 valence electrons. The van der Waals surface area contributed by atoms with Gasteiger partial charge in [0, 0.05) is 17.5 Å². The van der Waals surface area contributed by atoms with Crippen molar-refractivity contribution in [2.45, 2.75) is 25.5 Å². The monoisotopic (exact) mass is 548 g/mol. The fraction of sp³-hybridized carbons (Fsp3) is 0.214. The Balaban J connectivity index is 1.54. The van der Waals surface area contributed by atoms with E-state index in [0.717, 1.165) is 16.7 Å². The number of thioether (sulfide) groups is 1. The lowest BCUT2D eigenvalue weighted by molar-refractivity contribution is -0.113. The quantitative estimate of drug-likeness (QED) is 0.129. The first-order valence-electron chi connectivity index (χ1n) is 12.1. The summed E-state index contributed by atoms with van der Waals surface area (Å²) in [5, 5.41) is 14.5. The van der Waals surface area contributed by atoms with Crippen molar-refractivity contribution in [1.29, 1.82) is 0 Å². The molecule has 0 saturated heterocycles. The van der Waals surface area contributed by atoms with Gasteiger partial charge in [-0.15, -0.1) is 28.1 Å². The van der Waals surface area contributed by atoms with Crippen LogP contribution in [0.25, 0.3) is 22.5 Å². The number of para-hydroxylation sites is 1. The summed E-state index contributed by atoms with van der Waals surface area (Å²) in [6, 6.07) is 17.2. The predicted octanol–water partition coefficient (Wildman–Crippen LogP) is 6.17. The lowest BCUT2D eigenvalue weighted by Gasteiger charge is -2.12. The summed E-state index contributed by atoms with van der Waals surface area (Å²) in [7, 11) is 0. The number of carbonyl (C=O) groups excluding carboxylic acids is 2. The molecule has 0 aliphatic carbocycles. The van der Waals surface area contributed by atoms with Crippen molar-refractivity contribution in [3.63, 3.8) is 0 Å². The number of anilines is 1. The molecule has 0 radical (unpaired) electrons. The smallest absolute Gasteiger partial charge is 0.341 e. The van der Waals surface area contributed by atoms with Crippen molar-refractivity contribution < 1.29 is 19.1 Å². The van der Waals surface area contributed by atoms with E-state index in [1.54, 1.807) is 13.0 Å². The van der Waals surface area contributed by atoms with Gasteiger partial charge in [-0.3, -0.25) is 9.36 Å². The highest BCUT2D eigenvalue weighted by Gasteiger charge is 2.23. The molecule has 8 nitrogen and oxygen atoms in total. The first-order chi connectivity index (χ1) is 18.6. The molecular weight excluding hydrogens is 520 g/mol. The third-order valence-corrected chi connectivity index (χ3v) is 7.26. The highest BCUT2D eigenvalue weighted by Crippen LogP contribution is 2.36. The number of aromatic nitrogens is 3. The van der Waals surface area contributed by atoms with Crippen molar-refractivity contribution in [3.05, 3.63) is 78.2 Å². The number of nitrogens with zero attached hydrogens (tertiary/aromatic N) is 3. The van der Waals surface area contributed by atoms with Crippen molar-refractivity contribution in [3.8, 4) is 28.3 Å². The first-order valence-corrected chi connectivity index (χ1v) is 14.0. The molecule has 1 amide bonds. The van der Waals surface area contributed by atoms with E-state index < -0.39 is 5.97 Å². The van der Waals surface area contributed by atoms with Crippen molar-refractivity contribution in [2.75, 3.05) is 24.3 Å². The van der Waals surface area contributed by atoms with Gasteiger partial charge in [-0.1, -0.05) is 60.3 Å². The van der Waals surface area contributed by atoms with Gasteiger partial charge in [0.05, 0.1) is 24.5 Å². The van der Waals surface area contributed by atoms with Gasteiger partial charge in [-0.25, -0.2) is 4.79 Å². The minimum absolute atomic E-state index is 0.0726. The number of hydrogen-bond donors (Lipinski definition) is 1. The number of allylic oxidation sites excluding steroid dienone is 1. The van der Waals surface area contributed by atoms with E-state index in [2.05, 4.69) is 22.1 Å². The van der Waals surface area contributed by atoms with E-state index in [0.29, 0.717) is 40.4 Å². The van der Waals surface area contributed by atoms with E-state index in [1.165, 1.54) is 23.1 Å². The van der Waals surface area contributed by atoms with Crippen LogP contribution in [0.15, 0.2) is 77.8 Å². The highest BCUT2D eigenvalue weighted by atomic mass is 32.2. The largest absolute Gasteiger partial charge is 0.493 e. The Bertz CT molecular complexity index is 1420. The third kappa shape index (κ3) is 6.15. The number of nitrogens with one attached hydrogen (secondary N) is 1. The molecule has 0 unspecified atom stereocenters. The Morgan fingerprint density at radius 1 is 1.05 bits per heavy atom. The molecule has 0 bridgehead atoms. The zero-order valence-electron chi connectivity index (χ0n) is 21.2. The molecule has 0 fully saturated rings. The molecule has 0 saturated carbocycles. The van der Waals surface area contributed by atoms with Crippen LogP contribution in [-0.4, -0.2) is 45.6 Å². The topological polar surface area (TPSA) is 95.3 Å². The zero-order valence-corrected chi connectivity index (χ0v) is 22.8. The van der Waals surface area contributed by atoms with Crippen LogP contribution in [0.3, 0.4) is 0 Å². The number of ether oxygens (including phenoxy) is 2. The van der Waals surface area contributed by atoms with Crippen LogP contribution in [0.1, 0.15) is 24.2 Å². The van der Waals surface area contributed by atoms with Gasteiger partial charge in [0.25, 0.3) is 0 Å². The lowest BCUT2D eigenvalue weighted by atomic mass is 10.0. The van der Waals surface area contributed by atoms with Gasteiger partial charge < -0.3 is 14.8 Å². The summed E-state index contributed by atoms with van der Waals surface area (Å²) >= 11 is 2.55. The summed E-state index contributed by atoms with van der Waals surface area (Å²) in [6.07, 6.45) is 1.75. The van der Waals surface area contributed by atoms with E-state index in [9.17, 15) is 9.59 Å². The zero-order chi connectivity index (χ0) is 26.9. The summed E-state index contributed by atoms with van der Waals surface area (Å²) in [6.45, 7) is 8.75. The third-order valence-electron chi connectivity index (χ3n) is 5.40. The normalized spacial score (nSPS) is 10.7. The Morgan fingerprint density at radius 2 is 1.82 bits per heavy atom. The van der Waals surface area contributed by atoms with Crippen LogP contribution >= 0.6 is 23.1 Å². The molecule has 38 heavy (non-hydrogen) atoms. The average Bonchev–Trinajstić information content (AvgIpc) is 3.53. The molecule has 4 rings (SSSR count). The Labute approximate surface area is 229 Å². The molecular formula is C28H28N4O4S2.